The van der Waals surface area contributed by atoms with Gasteiger partial charge in [0.2, 0.25) is 0 Å². The first-order valence-electron chi connectivity index (χ1n) is 19.7. The Morgan fingerprint density at radius 2 is 0.535 bits per heavy atom. The Morgan fingerprint density at radius 1 is 0.326 bits per heavy atom. The molecule has 43 heavy (non-hydrogen) atoms. The molecular weight excluding hydrogens is 591 g/mol. The zero-order valence-corrected chi connectivity index (χ0v) is 31.1. The molecule has 0 fully saturated rings. The monoisotopic (exact) mass is 669 g/mol. The van der Waals surface area contributed by atoms with Crippen molar-refractivity contribution in [2.24, 2.45) is 0 Å². The molecule has 1 aromatic heterocycles. The van der Waals surface area contributed by atoms with Gasteiger partial charge >= 0.3 is 161 Å². The zero-order valence-electron chi connectivity index (χ0n) is 29.4. The fourth-order valence-corrected chi connectivity index (χ4v) is 7.58. The summed E-state index contributed by atoms with van der Waals surface area (Å²) in [5, 5.41) is 0. The van der Waals surface area contributed by atoms with Gasteiger partial charge in [0.25, 0.3) is 0 Å². The van der Waals surface area contributed by atoms with Crippen LogP contribution in [-0.4, -0.2) is 27.7 Å². The number of hydrogen-bond donors (Lipinski definition) is 0. The minimum atomic E-state index is 0.411. The summed E-state index contributed by atoms with van der Waals surface area (Å²) in [6.45, 7) is 6.30. The van der Waals surface area contributed by atoms with Crippen LogP contribution in [0, 0.1) is 0 Å². The van der Waals surface area contributed by atoms with Gasteiger partial charge in [0.05, 0.1) is 0 Å². The molecule has 0 atom stereocenters. The molecular formula is C40H76O2Se. The van der Waals surface area contributed by atoms with Gasteiger partial charge < -0.3 is 0 Å². The van der Waals surface area contributed by atoms with E-state index in [-0.39, 0.29) is 0 Å². The average Bonchev–Trinajstić information content (AvgIpc) is 3.47. The summed E-state index contributed by atoms with van der Waals surface area (Å²) in [4.78, 5) is 4.50. The average molecular weight is 668 g/mol. The van der Waals surface area contributed by atoms with Gasteiger partial charge in [0, 0.05) is 0 Å². The maximum atomic E-state index is 6.10. The van der Waals surface area contributed by atoms with Crippen LogP contribution >= 0.6 is 0 Å². The molecule has 0 spiro atoms. The second kappa shape index (κ2) is 34.5. The quantitative estimate of drug-likeness (QED) is 0.0524. The van der Waals surface area contributed by atoms with Crippen LogP contribution < -0.4 is 9.47 Å². The van der Waals surface area contributed by atoms with Crippen molar-refractivity contribution in [2.45, 2.75) is 219 Å². The third-order valence-electron chi connectivity index (χ3n) is 9.10. The van der Waals surface area contributed by atoms with Crippen molar-refractivity contribution in [3.8, 4) is 11.5 Å². The molecule has 0 aromatic carbocycles. The first-order chi connectivity index (χ1) is 21.4. The molecule has 0 aliphatic rings. The minimum absolute atomic E-state index is 0.411. The van der Waals surface area contributed by atoms with Gasteiger partial charge in [-0.2, -0.15) is 0 Å². The van der Waals surface area contributed by atoms with Crippen molar-refractivity contribution in [2.75, 3.05) is 13.2 Å². The standard InChI is InChI=1S/C40H76O2Se/c1-3-5-7-9-11-13-15-17-19-21-23-25-27-29-31-33-35-41-39-37-43-38-40(39)42-36-34-32-30-28-26-24-22-20-18-16-14-12-10-8-6-4-2/h37-38H,3-36H2,1-2H3. The summed E-state index contributed by atoms with van der Waals surface area (Å²) >= 11 is 0.411. The summed E-state index contributed by atoms with van der Waals surface area (Å²) in [5.41, 5.74) is 0. The van der Waals surface area contributed by atoms with Crippen LogP contribution in [0.3, 0.4) is 0 Å². The van der Waals surface area contributed by atoms with E-state index in [0.717, 1.165) is 24.7 Å². The molecule has 1 rings (SSSR count). The van der Waals surface area contributed by atoms with Crippen molar-refractivity contribution in [3.05, 3.63) is 9.88 Å². The van der Waals surface area contributed by atoms with Crippen molar-refractivity contribution < 1.29 is 9.47 Å². The number of hydrogen-bond acceptors (Lipinski definition) is 2. The smallest absolute Gasteiger partial charge is 0.0654 e. The molecule has 0 radical (unpaired) electrons. The Kier molecular flexibility index (Phi) is 32.6. The van der Waals surface area contributed by atoms with E-state index in [4.69, 9.17) is 9.47 Å². The normalized spacial score (nSPS) is 11.4. The molecule has 0 bridgehead atoms. The second-order valence-electron chi connectivity index (χ2n) is 13.4. The van der Waals surface area contributed by atoms with Gasteiger partial charge in [0.1, 0.15) is 0 Å². The molecule has 0 amide bonds. The number of rotatable bonds is 36. The van der Waals surface area contributed by atoms with Gasteiger partial charge in [-0.15, -0.1) is 0 Å². The van der Waals surface area contributed by atoms with Crippen LogP contribution in [0.2, 0.25) is 0 Å². The summed E-state index contributed by atoms with van der Waals surface area (Å²) < 4.78 is 12.2. The summed E-state index contributed by atoms with van der Waals surface area (Å²) in [6.07, 6.45) is 45.1. The van der Waals surface area contributed by atoms with E-state index >= 15 is 0 Å². The van der Waals surface area contributed by atoms with Gasteiger partial charge in [-0.05, 0) is 0 Å². The van der Waals surface area contributed by atoms with E-state index in [0.29, 0.717) is 14.5 Å². The summed E-state index contributed by atoms with van der Waals surface area (Å²) in [6, 6.07) is 0. The van der Waals surface area contributed by atoms with Gasteiger partial charge in [-0.3, -0.25) is 0 Å². The Balaban J connectivity index is 1.81. The van der Waals surface area contributed by atoms with Gasteiger partial charge in [0.15, 0.2) is 0 Å². The maximum absolute atomic E-state index is 6.10. The molecule has 3 heteroatoms. The van der Waals surface area contributed by atoms with Gasteiger partial charge in [-0.25, -0.2) is 0 Å². The topological polar surface area (TPSA) is 18.5 Å². The molecule has 0 unspecified atom stereocenters. The fourth-order valence-electron chi connectivity index (χ4n) is 6.15. The minimum Gasteiger partial charge on any atom is -0.0654 e. The van der Waals surface area contributed by atoms with Crippen LogP contribution in [0.5, 0.6) is 11.5 Å². The second-order valence-corrected chi connectivity index (χ2v) is 15.0. The Morgan fingerprint density at radius 3 is 0.767 bits per heavy atom. The molecule has 254 valence electrons. The molecule has 0 aliphatic carbocycles. The SMILES string of the molecule is CCCCCCCCCCCCCCCCCCOc1c[se]cc1OCCCCCCCCCCCCCCCCCC. The predicted molar refractivity (Wildman–Crippen MR) is 193 cm³/mol. The Hall–Kier alpha value is -0.401. The van der Waals surface area contributed by atoms with Crippen LogP contribution in [0.4, 0.5) is 0 Å². The molecule has 0 N–H and O–H groups in total. The first kappa shape index (κ1) is 40.6. The first-order valence-corrected chi connectivity index (χ1v) is 21.7. The summed E-state index contributed by atoms with van der Waals surface area (Å²) in [5.74, 6) is 2.05. The van der Waals surface area contributed by atoms with Crippen molar-refractivity contribution in [1.29, 1.82) is 0 Å². The van der Waals surface area contributed by atoms with E-state index in [9.17, 15) is 0 Å². The number of unbranched alkanes of at least 4 members (excludes halogenated alkanes) is 30. The summed E-state index contributed by atoms with van der Waals surface area (Å²) in [7, 11) is 0. The van der Waals surface area contributed by atoms with E-state index in [1.165, 1.54) is 205 Å². The fraction of sp³-hybridized carbons (Fsp3) is 0.900. The molecule has 0 saturated heterocycles. The Labute approximate surface area is 277 Å². The van der Waals surface area contributed by atoms with Crippen LogP contribution in [0.1, 0.15) is 219 Å². The molecule has 0 aliphatic heterocycles. The van der Waals surface area contributed by atoms with Crippen molar-refractivity contribution in [1.82, 2.24) is 0 Å². The third-order valence-corrected chi connectivity index (χ3v) is 10.6. The van der Waals surface area contributed by atoms with E-state index in [1.54, 1.807) is 0 Å². The zero-order chi connectivity index (χ0) is 30.7. The molecule has 1 heterocycles. The van der Waals surface area contributed by atoms with E-state index in [2.05, 4.69) is 23.7 Å². The number of ether oxygens (including phenoxy) is 2. The van der Waals surface area contributed by atoms with Crippen LogP contribution in [0.25, 0.3) is 0 Å². The van der Waals surface area contributed by atoms with E-state index < -0.39 is 0 Å². The molecule has 1 aromatic rings. The van der Waals surface area contributed by atoms with Crippen LogP contribution in [0.15, 0.2) is 9.88 Å². The predicted octanol–water partition coefficient (Wildman–Crippen LogP) is 14.0. The van der Waals surface area contributed by atoms with Crippen molar-refractivity contribution in [3.63, 3.8) is 0 Å². The molecule has 0 saturated carbocycles. The molecule has 2 nitrogen and oxygen atoms in total. The Bertz CT molecular complexity index is 590. The van der Waals surface area contributed by atoms with Crippen LogP contribution in [-0.2, 0) is 0 Å². The van der Waals surface area contributed by atoms with Gasteiger partial charge in [-0.1, -0.05) is 117 Å². The van der Waals surface area contributed by atoms with E-state index in [1.807, 2.05) is 0 Å². The van der Waals surface area contributed by atoms with Crippen molar-refractivity contribution >= 4 is 14.5 Å². The third kappa shape index (κ3) is 28.8.